The molecule has 2 saturated carbocycles. The van der Waals surface area contributed by atoms with Gasteiger partial charge in [0.05, 0.1) is 5.60 Å². The molecule has 1 saturated heterocycles. The second-order valence-electron chi connectivity index (χ2n) is 8.91. The van der Waals surface area contributed by atoms with E-state index in [0.717, 1.165) is 77.4 Å². The summed E-state index contributed by atoms with van der Waals surface area (Å²) in [5.41, 5.74) is -0.506. The minimum atomic E-state index is -0.689. The Morgan fingerprint density at radius 1 is 1.04 bits per heavy atom. The van der Waals surface area contributed by atoms with Gasteiger partial charge in [-0.1, -0.05) is 0 Å². The summed E-state index contributed by atoms with van der Waals surface area (Å²) in [4.78, 5) is 14.7. The van der Waals surface area contributed by atoms with E-state index in [1.807, 2.05) is 0 Å². The van der Waals surface area contributed by atoms with E-state index >= 15 is 0 Å². The van der Waals surface area contributed by atoms with Crippen molar-refractivity contribution in [1.82, 2.24) is 4.90 Å². The van der Waals surface area contributed by atoms with E-state index in [4.69, 9.17) is 11.6 Å². The van der Waals surface area contributed by atoms with Crippen molar-refractivity contribution in [1.29, 1.82) is 0 Å². The van der Waals surface area contributed by atoms with Gasteiger partial charge in [0.15, 0.2) is 0 Å². The molecule has 0 amide bonds. The number of carbonyl (C=O) groups excluding carboxylic acids is 1. The first-order valence-corrected chi connectivity index (χ1v) is 11.2. The number of nitrogens with zero attached hydrogens (tertiary/aromatic N) is 1. The number of aliphatic hydroxyl groups is 1. The third-order valence-corrected chi connectivity index (χ3v) is 7.58. The summed E-state index contributed by atoms with van der Waals surface area (Å²) in [6, 6.07) is 0. The average Bonchev–Trinajstić information content (AvgIpc) is 2.64. The number of likely N-dealkylation sites (tertiary alicyclic amines) is 1. The van der Waals surface area contributed by atoms with E-state index in [1.54, 1.807) is 0 Å². The number of alkyl halides is 2. The van der Waals surface area contributed by atoms with Gasteiger partial charge in [-0.3, -0.25) is 4.79 Å². The quantitative estimate of drug-likeness (QED) is 0.682. The van der Waals surface area contributed by atoms with Crippen LogP contribution in [-0.2, 0) is 4.79 Å². The van der Waals surface area contributed by atoms with Gasteiger partial charge in [0, 0.05) is 30.8 Å². The van der Waals surface area contributed by atoms with Gasteiger partial charge in [0.25, 0.3) is 0 Å². The number of hydrogen-bond donors (Lipinski definition) is 1. The van der Waals surface area contributed by atoms with Crippen molar-refractivity contribution in [3.63, 3.8) is 0 Å². The molecule has 0 aromatic carbocycles. The predicted octanol–water partition coefficient (Wildman–Crippen LogP) is 4.49. The first kappa shape index (κ1) is 20.5. The minimum absolute atomic E-state index is 0.102. The van der Waals surface area contributed by atoms with Crippen LogP contribution in [0.15, 0.2) is 0 Å². The molecule has 0 radical (unpaired) electrons. The number of ketones is 1. The molecular formula is C21H35ClFNO2. The monoisotopic (exact) mass is 387 g/mol. The van der Waals surface area contributed by atoms with Gasteiger partial charge >= 0.3 is 0 Å². The number of rotatable bonds is 6. The highest BCUT2D eigenvalue weighted by atomic mass is 35.5. The second kappa shape index (κ2) is 9.34. The van der Waals surface area contributed by atoms with Crippen LogP contribution < -0.4 is 0 Å². The van der Waals surface area contributed by atoms with Crippen molar-refractivity contribution in [3.8, 4) is 0 Å². The second-order valence-corrected chi connectivity index (χ2v) is 9.53. The van der Waals surface area contributed by atoms with Crippen molar-refractivity contribution >= 4 is 17.4 Å². The summed E-state index contributed by atoms with van der Waals surface area (Å²) in [6.45, 7) is 2.80. The zero-order valence-electron chi connectivity index (χ0n) is 16.0. The SMILES string of the molecule is O=C(CCCN1CCC(O)(C2CCC(Cl)CC2)CC1)C1CCC(F)CC1. The van der Waals surface area contributed by atoms with E-state index in [1.165, 1.54) is 0 Å². The predicted molar refractivity (Wildman–Crippen MR) is 103 cm³/mol. The zero-order valence-corrected chi connectivity index (χ0v) is 16.7. The molecule has 5 heteroatoms. The molecule has 0 aromatic rings. The van der Waals surface area contributed by atoms with Crippen LogP contribution in [0, 0.1) is 11.8 Å². The molecule has 3 aliphatic rings. The smallest absolute Gasteiger partial charge is 0.136 e. The molecule has 3 nitrogen and oxygen atoms in total. The summed E-state index contributed by atoms with van der Waals surface area (Å²) in [6.07, 6.45) is 9.30. The van der Waals surface area contributed by atoms with Crippen LogP contribution >= 0.6 is 11.6 Å². The molecule has 26 heavy (non-hydrogen) atoms. The highest BCUT2D eigenvalue weighted by Gasteiger charge is 2.40. The minimum Gasteiger partial charge on any atom is -0.390 e. The number of halogens is 2. The van der Waals surface area contributed by atoms with Gasteiger partial charge in [-0.15, -0.1) is 11.6 Å². The van der Waals surface area contributed by atoms with Crippen LogP contribution in [0.2, 0.25) is 0 Å². The first-order valence-electron chi connectivity index (χ1n) is 10.7. The highest BCUT2D eigenvalue weighted by Crippen LogP contribution is 2.40. The largest absolute Gasteiger partial charge is 0.390 e. The summed E-state index contributed by atoms with van der Waals surface area (Å²) in [5, 5.41) is 11.3. The third kappa shape index (κ3) is 5.42. The van der Waals surface area contributed by atoms with Gasteiger partial charge in [-0.25, -0.2) is 4.39 Å². The van der Waals surface area contributed by atoms with Crippen LogP contribution in [0.1, 0.15) is 77.0 Å². The molecule has 0 spiro atoms. The summed E-state index contributed by atoms with van der Waals surface area (Å²) < 4.78 is 13.2. The first-order chi connectivity index (χ1) is 12.5. The van der Waals surface area contributed by atoms with Crippen LogP contribution in [-0.4, -0.2) is 52.6 Å². The van der Waals surface area contributed by atoms with Gasteiger partial charge in [-0.2, -0.15) is 0 Å². The van der Waals surface area contributed by atoms with Crippen LogP contribution in [0.5, 0.6) is 0 Å². The Bertz CT molecular complexity index is 451. The van der Waals surface area contributed by atoms with Crippen LogP contribution in [0.4, 0.5) is 4.39 Å². The molecule has 0 atom stereocenters. The number of hydrogen-bond acceptors (Lipinski definition) is 3. The normalized spacial score (nSPS) is 36.0. The van der Waals surface area contributed by atoms with E-state index in [9.17, 15) is 14.3 Å². The topological polar surface area (TPSA) is 40.5 Å². The van der Waals surface area contributed by atoms with E-state index in [-0.39, 0.29) is 5.92 Å². The molecule has 1 heterocycles. The van der Waals surface area contributed by atoms with Gasteiger partial charge in [0.1, 0.15) is 12.0 Å². The molecule has 3 fully saturated rings. The Morgan fingerprint density at radius 2 is 1.65 bits per heavy atom. The van der Waals surface area contributed by atoms with Crippen molar-refractivity contribution < 1.29 is 14.3 Å². The Labute approximate surface area is 162 Å². The van der Waals surface area contributed by atoms with Crippen molar-refractivity contribution in [2.24, 2.45) is 11.8 Å². The van der Waals surface area contributed by atoms with E-state index < -0.39 is 11.8 Å². The number of Topliss-reactive ketones (excluding diaryl/α,β-unsaturated/α-hetero) is 1. The zero-order chi connectivity index (χ0) is 18.6. The van der Waals surface area contributed by atoms with Crippen LogP contribution in [0.25, 0.3) is 0 Å². The Balaban J connectivity index is 1.33. The fraction of sp³-hybridized carbons (Fsp3) is 0.952. The Kier molecular flexibility index (Phi) is 7.38. The van der Waals surface area contributed by atoms with E-state index in [2.05, 4.69) is 4.90 Å². The average molecular weight is 388 g/mol. The maximum atomic E-state index is 13.2. The van der Waals surface area contributed by atoms with Gasteiger partial charge in [0.2, 0.25) is 0 Å². The number of piperidine rings is 1. The summed E-state index contributed by atoms with van der Waals surface area (Å²) in [7, 11) is 0. The summed E-state index contributed by atoms with van der Waals surface area (Å²) >= 11 is 6.20. The standard InChI is InChI=1S/C21H35ClFNO2/c22-18-7-5-17(6-8-18)21(26)11-14-24(15-12-21)13-1-2-20(25)16-3-9-19(23)10-4-16/h16-19,26H,1-15H2. The lowest BCUT2D eigenvalue weighted by Gasteiger charge is -2.45. The fourth-order valence-electron chi connectivity index (χ4n) is 5.22. The Hall–Kier alpha value is -0.190. The van der Waals surface area contributed by atoms with Gasteiger partial charge in [-0.05, 0) is 83.1 Å². The lowest BCUT2D eigenvalue weighted by Crippen LogP contribution is -2.49. The highest BCUT2D eigenvalue weighted by molar-refractivity contribution is 6.20. The molecule has 1 N–H and O–H groups in total. The van der Waals surface area contributed by atoms with Crippen molar-refractivity contribution in [2.75, 3.05) is 19.6 Å². The Morgan fingerprint density at radius 3 is 2.27 bits per heavy atom. The molecule has 0 unspecified atom stereocenters. The van der Waals surface area contributed by atoms with Gasteiger partial charge < -0.3 is 10.0 Å². The van der Waals surface area contributed by atoms with Crippen molar-refractivity contribution in [3.05, 3.63) is 0 Å². The summed E-state index contributed by atoms with van der Waals surface area (Å²) in [5.74, 6) is 0.848. The maximum Gasteiger partial charge on any atom is 0.136 e. The molecular weight excluding hydrogens is 353 g/mol. The lowest BCUT2D eigenvalue weighted by atomic mass is 9.72. The molecule has 0 bridgehead atoms. The molecule has 0 aromatic heterocycles. The van der Waals surface area contributed by atoms with Crippen molar-refractivity contribution in [2.45, 2.75) is 94.2 Å². The molecule has 2 aliphatic carbocycles. The molecule has 1 aliphatic heterocycles. The molecule has 150 valence electrons. The van der Waals surface area contributed by atoms with E-state index in [0.29, 0.717) is 36.3 Å². The third-order valence-electron chi connectivity index (χ3n) is 7.15. The fourth-order valence-corrected chi connectivity index (χ4v) is 5.47. The number of carbonyl (C=O) groups is 1. The lowest BCUT2D eigenvalue weighted by molar-refractivity contribution is -0.124. The van der Waals surface area contributed by atoms with Crippen LogP contribution in [0.3, 0.4) is 0 Å². The molecule has 3 rings (SSSR count). The maximum absolute atomic E-state index is 13.2.